The second kappa shape index (κ2) is 9.42. The first-order valence-electron chi connectivity index (χ1n) is 8.99. The Hall–Kier alpha value is -3.07. The molecule has 1 aromatic heterocycles. The van der Waals surface area contributed by atoms with Gasteiger partial charge in [0.25, 0.3) is 0 Å². The topological polar surface area (TPSA) is 77.5 Å². The highest BCUT2D eigenvalue weighted by molar-refractivity contribution is 14.0. The van der Waals surface area contributed by atoms with Gasteiger partial charge in [0, 0.05) is 18.8 Å². The third-order valence-corrected chi connectivity index (χ3v) is 4.36. The lowest BCUT2D eigenvalue weighted by molar-refractivity contribution is 0.483. The molecule has 0 bridgehead atoms. The number of fused-ring (bicyclic) bond motifs is 1. The summed E-state index contributed by atoms with van der Waals surface area (Å²) < 4.78 is 7.87. The molecule has 0 aliphatic heterocycles. The second-order valence-corrected chi connectivity index (χ2v) is 6.35. The van der Waals surface area contributed by atoms with Gasteiger partial charge in [0.15, 0.2) is 5.96 Å². The number of imidazole rings is 1. The Labute approximate surface area is 186 Å². The van der Waals surface area contributed by atoms with Crippen molar-refractivity contribution in [1.29, 1.82) is 0 Å². The predicted molar refractivity (Wildman–Crippen MR) is 128 cm³/mol. The third-order valence-electron chi connectivity index (χ3n) is 4.36. The summed E-state index contributed by atoms with van der Waals surface area (Å²) >= 11 is 0. The molecule has 0 saturated heterocycles. The standard InChI is InChI=1S/C22H21N5O.HI/c1-27-20-13-6-5-12-19(20)26-21(27)15-24-22(23)25-16-8-7-11-18(14-16)28-17-9-3-2-4-10-17;/h2-14H,15H2,1H3,(H3,23,24,25);1H. The Morgan fingerprint density at radius 1 is 1.00 bits per heavy atom. The average Bonchev–Trinajstić information content (AvgIpc) is 3.03. The summed E-state index contributed by atoms with van der Waals surface area (Å²) in [7, 11) is 1.98. The van der Waals surface area contributed by atoms with Crippen LogP contribution in [-0.4, -0.2) is 15.5 Å². The number of aliphatic imine (C=N–C) groups is 1. The summed E-state index contributed by atoms with van der Waals surface area (Å²) in [6, 6.07) is 25.2. The van der Waals surface area contributed by atoms with Crippen molar-refractivity contribution in [3.05, 3.63) is 84.7 Å². The van der Waals surface area contributed by atoms with Crippen molar-refractivity contribution >= 4 is 46.7 Å². The fraction of sp³-hybridized carbons (Fsp3) is 0.0909. The van der Waals surface area contributed by atoms with Crippen LogP contribution in [0.1, 0.15) is 5.82 Å². The first-order valence-corrected chi connectivity index (χ1v) is 8.99. The lowest BCUT2D eigenvalue weighted by atomic mass is 10.3. The molecule has 0 atom stereocenters. The number of hydrogen-bond donors (Lipinski definition) is 2. The summed E-state index contributed by atoms with van der Waals surface area (Å²) in [6.07, 6.45) is 0. The summed E-state index contributed by atoms with van der Waals surface area (Å²) in [4.78, 5) is 9.02. The number of anilines is 1. The van der Waals surface area contributed by atoms with Crippen molar-refractivity contribution in [1.82, 2.24) is 9.55 Å². The van der Waals surface area contributed by atoms with E-state index in [1.54, 1.807) is 0 Å². The fourth-order valence-electron chi connectivity index (χ4n) is 2.94. The number of para-hydroxylation sites is 3. The lowest BCUT2D eigenvalue weighted by Crippen LogP contribution is -2.22. The van der Waals surface area contributed by atoms with Crippen molar-refractivity contribution in [3.63, 3.8) is 0 Å². The molecule has 0 aliphatic carbocycles. The molecular weight excluding hydrogens is 477 g/mol. The van der Waals surface area contributed by atoms with Crippen molar-refractivity contribution < 1.29 is 4.74 Å². The number of hydrogen-bond acceptors (Lipinski definition) is 3. The van der Waals surface area contributed by atoms with E-state index in [0.29, 0.717) is 12.5 Å². The van der Waals surface area contributed by atoms with Gasteiger partial charge >= 0.3 is 0 Å². The molecule has 6 nitrogen and oxygen atoms in total. The molecule has 4 rings (SSSR count). The number of guanidine groups is 1. The highest BCUT2D eigenvalue weighted by Crippen LogP contribution is 2.23. The molecule has 0 unspecified atom stereocenters. The van der Waals surface area contributed by atoms with Gasteiger partial charge in [0.1, 0.15) is 23.9 Å². The quantitative estimate of drug-likeness (QED) is 0.233. The summed E-state index contributed by atoms with van der Waals surface area (Å²) in [5.74, 6) is 2.68. The molecule has 3 aromatic carbocycles. The molecule has 0 saturated carbocycles. The van der Waals surface area contributed by atoms with Gasteiger partial charge in [0.05, 0.1) is 11.0 Å². The number of nitrogens with one attached hydrogen (secondary N) is 1. The van der Waals surface area contributed by atoms with Gasteiger partial charge in [-0.2, -0.15) is 0 Å². The van der Waals surface area contributed by atoms with Gasteiger partial charge in [-0.3, -0.25) is 0 Å². The molecule has 0 amide bonds. The Kier molecular flexibility index (Phi) is 6.71. The zero-order valence-electron chi connectivity index (χ0n) is 15.9. The van der Waals surface area contributed by atoms with Gasteiger partial charge in [-0.05, 0) is 36.4 Å². The molecule has 3 N–H and O–H groups in total. The SMILES string of the molecule is Cn1c(CN=C(N)Nc2cccc(Oc3ccccc3)c2)nc2ccccc21.I. The predicted octanol–water partition coefficient (Wildman–Crippen LogP) is 4.91. The van der Waals surface area contributed by atoms with Gasteiger partial charge in [-0.15, -0.1) is 24.0 Å². The monoisotopic (exact) mass is 499 g/mol. The zero-order valence-corrected chi connectivity index (χ0v) is 18.3. The molecule has 4 aromatic rings. The number of ether oxygens (including phenoxy) is 1. The molecular formula is C22H22IN5O. The number of rotatable bonds is 5. The highest BCUT2D eigenvalue weighted by Gasteiger charge is 2.06. The zero-order chi connectivity index (χ0) is 19.3. The Morgan fingerprint density at radius 3 is 2.52 bits per heavy atom. The third kappa shape index (κ3) is 5.05. The maximum atomic E-state index is 6.06. The van der Waals surface area contributed by atoms with Crippen LogP contribution in [0.3, 0.4) is 0 Å². The van der Waals surface area contributed by atoms with Crippen LogP contribution < -0.4 is 15.8 Å². The maximum absolute atomic E-state index is 6.06. The van der Waals surface area contributed by atoms with E-state index in [0.717, 1.165) is 34.0 Å². The van der Waals surface area contributed by atoms with Crippen molar-refractivity contribution in [2.24, 2.45) is 17.8 Å². The smallest absolute Gasteiger partial charge is 0.193 e. The van der Waals surface area contributed by atoms with Crippen LogP contribution in [0.5, 0.6) is 11.5 Å². The molecule has 0 radical (unpaired) electrons. The number of halogens is 1. The highest BCUT2D eigenvalue weighted by atomic mass is 127. The normalized spacial score (nSPS) is 11.1. The number of aromatic nitrogens is 2. The summed E-state index contributed by atoms with van der Waals surface area (Å²) in [5.41, 5.74) is 8.89. The van der Waals surface area contributed by atoms with Crippen molar-refractivity contribution in [2.75, 3.05) is 5.32 Å². The lowest BCUT2D eigenvalue weighted by Gasteiger charge is -2.09. The van der Waals surface area contributed by atoms with Crippen LogP contribution in [0.2, 0.25) is 0 Å². The van der Waals surface area contributed by atoms with Gasteiger partial charge in [-0.1, -0.05) is 36.4 Å². The first kappa shape index (κ1) is 20.7. The van der Waals surface area contributed by atoms with E-state index < -0.39 is 0 Å². The van der Waals surface area contributed by atoms with Crippen LogP contribution in [0.15, 0.2) is 83.9 Å². The Balaban J connectivity index is 0.00000240. The van der Waals surface area contributed by atoms with Crippen LogP contribution in [0, 0.1) is 0 Å². The number of aryl methyl sites for hydroxylation is 1. The second-order valence-electron chi connectivity index (χ2n) is 6.35. The van der Waals surface area contributed by atoms with Crippen LogP contribution >= 0.6 is 24.0 Å². The van der Waals surface area contributed by atoms with Crippen LogP contribution in [0.25, 0.3) is 11.0 Å². The molecule has 29 heavy (non-hydrogen) atoms. The van der Waals surface area contributed by atoms with Gasteiger partial charge in [0.2, 0.25) is 0 Å². The molecule has 7 heteroatoms. The van der Waals surface area contributed by atoms with E-state index in [1.165, 1.54) is 0 Å². The van der Waals surface area contributed by atoms with Gasteiger partial charge < -0.3 is 20.4 Å². The number of nitrogens with zero attached hydrogens (tertiary/aromatic N) is 3. The van der Waals surface area contributed by atoms with E-state index in [1.807, 2.05) is 90.5 Å². The first-order chi connectivity index (χ1) is 13.7. The van der Waals surface area contributed by atoms with E-state index in [4.69, 9.17) is 10.5 Å². The largest absolute Gasteiger partial charge is 0.457 e. The van der Waals surface area contributed by atoms with Crippen LogP contribution in [-0.2, 0) is 13.6 Å². The molecule has 0 fully saturated rings. The number of nitrogens with two attached hydrogens (primary N) is 1. The maximum Gasteiger partial charge on any atom is 0.193 e. The van der Waals surface area contributed by atoms with Crippen LogP contribution in [0.4, 0.5) is 5.69 Å². The van der Waals surface area contributed by atoms with E-state index in [2.05, 4.69) is 15.3 Å². The average molecular weight is 499 g/mol. The fourth-order valence-corrected chi connectivity index (χ4v) is 2.94. The minimum atomic E-state index is 0. The molecule has 0 aliphatic rings. The Bertz CT molecular complexity index is 1120. The molecule has 1 heterocycles. The summed E-state index contributed by atoms with van der Waals surface area (Å²) in [6.45, 7) is 0.393. The minimum absolute atomic E-state index is 0. The number of benzene rings is 3. The summed E-state index contributed by atoms with van der Waals surface area (Å²) in [5, 5.41) is 3.10. The van der Waals surface area contributed by atoms with Gasteiger partial charge in [-0.25, -0.2) is 9.98 Å². The molecule has 0 spiro atoms. The molecule has 148 valence electrons. The Morgan fingerprint density at radius 2 is 1.72 bits per heavy atom. The van der Waals surface area contributed by atoms with E-state index in [9.17, 15) is 0 Å². The van der Waals surface area contributed by atoms with Crippen molar-refractivity contribution in [2.45, 2.75) is 6.54 Å². The van der Waals surface area contributed by atoms with E-state index in [-0.39, 0.29) is 24.0 Å². The van der Waals surface area contributed by atoms with E-state index >= 15 is 0 Å². The minimum Gasteiger partial charge on any atom is -0.457 e. The van der Waals surface area contributed by atoms with Crippen molar-refractivity contribution in [3.8, 4) is 11.5 Å².